The molecule has 92 valence electrons. The maximum Gasteiger partial charge on any atom is 0.230 e. The second kappa shape index (κ2) is 4.92. The first-order valence-electron chi connectivity index (χ1n) is 5.83. The third-order valence-electron chi connectivity index (χ3n) is 3.14. The number of aromatic amines is 1. The van der Waals surface area contributed by atoms with Crippen molar-refractivity contribution in [3.8, 4) is 6.07 Å². The van der Waals surface area contributed by atoms with Crippen molar-refractivity contribution in [1.82, 2.24) is 9.88 Å². The van der Waals surface area contributed by atoms with Crippen LogP contribution in [0.15, 0.2) is 30.5 Å². The van der Waals surface area contributed by atoms with Gasteiger partial charge in [-0.2, -0.15) is 5.26 Å². The zero-order valence-corrected chi connectivity index (χ0v) is 10.5. The fourth-order valence-electron chi connectivity index (χ4n) is 2.10. The number of hydrogen-bond acceptors (Lipinski definition) is 2. The molecule has 18 heavy (non-hydrogen) atoms. The third-order valence-corrected chi connectivity index (χ3v) is 3.14. The molecule has 1 aromatic heterocycles. The van der Waals surface area contributed by atoms with Crippen LogP contribution in [0.3, 0.4) is 0 Å². The summed E-state index contributed by atoms with van der Waals surface area (Å²) in [4.78, 5) is 16.7. The van der Waals surface area contributed by atoms with Crippen LogP contribution in [0, 0.1) is 11.3 Å². The fourth-order valence-corrected chi connectivity index (χ4v) is 2.10. The summed E-state index contributed by atoms with van der Waals surface area (Å²) >= 11 is 0. The Labute approximate surface area is 106 Å². The second-order valence-corrected chi connectivity index (χ2v) is 4.36. The van der Waals surface area contributed by atoms with Crippen molar-refractivity contribution in [2.45, 2.75) is 12.8 Å². The van der Waals surface area contributed by atoms with Gasteiger partial charge in [-0.25, -0.2) is 0 Å². The summed E-state index contributed by atoms with van der Waals surface area (Å²) in [5.41, 5.74) is 2.00. The number of fused-ring (bicyclic) bond motifs is 1. The van der Waals surface area contributed by atoms with E-state index in [4.69, 9.17) is 5.26 Å². The molecule has 1 heterocycles. The van der Waals surface area contributed by atoms with E-state index in [0.29, 0.717) is 0 Å². The van der Waals surface area contributed by atoms with Crippen molar-refractivity contribution >= 4 is 16.8 Å². The molecule has 0 aliphatic heterocycles. The predicted octanol–water partition coefficient (Wildman–Crippen LogP) is 2.25. The standard InChI is InChI=1S/C14H15N3O/c1-10(14(18)17(2)8-7-15)12-9-16-13-6-4-3-5-11(12)13/h3-6,9-10,16H,8H2,1-2H3. The van der Waals surface area contributed by atoms with Crippen LogP contribution in [0.2, 0.25) is 0 Å². The van der Waals surface area contributed by atoms with E-state index in [1.165, 1.54) is 4.90 Å². The van der Waals surface area contributed by atoms with Gasteiger partial charge in [0.15, 0.2) is 0 Å². The van der Waals surface area contributed by atoms with Gasteiger partial charge in [-0.05, 0) is 18.6 Å². The molecule has 0 saturated carbocycles. The van der Waals surface area contributed by atoms with Crippen molar-refractivity contribution in [1.29, 1.82) is 5.26 Å². The van der Waals surface area contributed by atoms with E-state index in [1.807, 2.05) is 43.5 Å². The van der Waals surface area contributed by atoms with E-state index in [2.05, 4.69) is 4.98 Å². The minimum absolute atomic E-state index is 0.0405. The number of rotatable bonds is 3. The van der Waals surface area contributed by atoms with E-state index >= 15 is 0 Å². The number of likely N-dealkylation sites (N-methyl/N-ethyl adjacent to an activating group) is 1. The van der Waals surface area contributed by atoms with Crippen molar-refractivity contribution in [2.24, 2.45) is 0 Å². The first-order valence-corrected chi connectivity index (χ1v) is 5.83. The molecule has 0 radical (unpaired) electrons. The molecule has 0 aliphatic rings. The molecule has 1 unspecified atom stereocenters. The topological polar surface area (TPSA) is 59.9 Å². The van der Waals surface area contributed by atoms with E-state index in [9.17, 15) is 4.79 Å². The van der Waals surface area contributed by atoms with Gasteiger partial charge >= 0.3 is 0 Å². The second-order valence-electron chi connectivity index (χ2n) is 4.36. The zero-order chi connectivity index (χ0) is 13.1. The van der Waals surface area contributed by atoms with Crippen LogP contribution in [0.1, 0.15) is 18.4 Å². The molecule has 4 heteroatoms. The molecule has 2 aromatic rings. The summed E-state index contributed by atoms with van der Waals surface area (Å²) in [6, 6.07) is 9.87. The molecule has 1 aromatic carbocycles. The average Bonchev–Trinajstić information content (AvgIpc) is 2.81. The highest BCUT2D eigenvalue weighted by Crippen LogP contribution is 2.26. The molecule has 1 N–H and O–H groups in total. The van der Waals surface area contributed by atoms with Crippen molar-refractivity contribution < 1.29 is 4.79 Å². The SMILES string of the molecule is CC(C(=O)N(C)CC#N)c1c[nH]c2ccccc12. The summed E-state index contributed by atoms with van der Waals surface area (Å²) in [5.74, 6) is -0.291. The van der Waals surface area contributed by atoms with Gasteiger partial charge in [0.1, 0.15) is 6.54 Å². The smallest absolute Gasteiger partial charge is 0.230 e. The van der Waals surface area contributed by atoms with Gasteiger partial charge in [0.2, 0.25) is 5.91 Å². The van der Waals surface area contributed by atoms with Gasteiger partial charge in [-0.3, -0.25) is 4.79 Å². The number of carbonyl (C=O) groups excluding carboxylic acids is 1. The maximum atomic E-state index is 12.1. The fraction of sp³-hybridized carbons (Fsp3) is 0.286. The van der Waals surface area contributed by atoms with Crippen LogP contribution >= 0.6 is 0 Å². The lowest BCUT2D eigenvalue weighted by Crippen LogP contribution is -2.30. The minimum atomic E-state index is -0.250. The normalized spacial score (nSPS) is 12.1. The molecule has 0 aliphatic carbocycles. The van der Waals surface area contributed by atoms with Gasteiger partial charge in [-0.15, -0.1) is 0 Å². The van der Waals surface area contributed by atoms with E-state index in [-0.39, 0.29) is 18.4 Å². The van der Waals surface area contributed by atoms with E-state index in [1.54, 1.807) is 7.05 Å². The van der Waals surface area contributed by atoms with Gasteiger partial charge in [0, 0.05) is 24.1 Å². The number of carbonyl (C=O) groups is 1. The van der Waals surface area contributed by atoms with E-state index in [0.717, 1.165) is 16.5 Å². The Hall–Kier alpha value is -2.28. The highest BCUT2D eigenvalue weighted by atomic mass is 16.2. The summed E-state index contributed by atoms with van der Waals surface area (Å²) < 4.78 is 0. The Bertz CT molecular complexity index is 609. The number of benzene rings is 1. The number of hydrogen-bond donors (Lipinski definition) is 1. The van der Waals surface area contributed by atoms with E-state index < -0.39 is 0 Å². The van der Waals surface area contributed by atoms with Crippen LogP contribution in [0.25, 0.3) is 10.9 Å². The molecule has 1 atom stereocenters. The Morgan fingerprint density at radius 2 is 2.22 bits per heavy atom. The first-order chi connectivity index (χ1) is 8.65. The molecule has 0 fully saturated rings. The van der Waals surface area contributed by atoms with Crippen LogP contribution in [-0.4, -0.2) is 29.4 Å². The van der Waals surface area contributed by atoms with Crippen LogP contribution in [-0.2, 0) is 4.79 Å². The van der Waals surface area contributed by atoms with Crippen molar-refractivity contribution in [3.05, 3.63) is 36.0 Å². The zero-order valence-electron chi connectivity index (χ0n) is 10.5. The first kappa shape index (κ1) is 12.2. The van der Waals surface area contributed by atoms with Crippen LogP contribution in [0.5, 0.6) is 0 Å². The molecular formula is C14H15N3O. The quantitative estimate of drug-likeness (QED) is 0.838. The Balaban J connectivity index is 2.31. The largest absolute Gasteiger partial charge is 0.361 e. The number of nitrogens with one attached hydrogen (secondary N) is 1. The highest BCUT2D eigenvalue weighted by Gasteiger charge is 2.21. The molecule has 1 amide bonds. The molecule has 4 nitrogen and oxygen atoms in total. The number of H-pyrrole nitrogens is 1. The Morgan fingerprint density at radius 1 is 1.50 bits per heavy atom. The monoisotopic (exact) mass is 241 g/mol. The molecule has 0 spiro atoms. The third kappa shape index (κ3) is 2.07. The summed E-state index contributed by atoms with van der Waals surface area (Å²) in [5, 5.41) is 9.68. The van der Waals surface area contributed by atoms with Crippen LogP contribution < -0.4 is 0 Å². The molecule has 0 bridgehead atoms. The number of para-hydroxylation sites is 1. The van der Waals surface area contributed by atoms with Gasteiger partial charge in [0.25, 0.3) is 0 Å². The number of nitrogens with zero attached hydrogens (tertiary/aromatic N) is 2. The molecular weight excluding hydrogens is 226 g/mol. The predicted molar refractivity (Wildman–Crippen MR) is 70.0 cm³/mol. The highest BCUT2D eigenvalue weighted by molar-refractivity contribution is 5.91. The summed E-state index contributed by atoms with van der Waals surface area (Å²) in [7, 11) is 1.65. The summed E-state index contributed by atoms with van der Waals surface area (Å²) in [6.07, 6.45) is 1.87. The maximum absolute atomic E-state index is 12.1. The average molecular weight is 241 g/mol. The van der Waals surface area contributed by atoms with Crippen molar-refractivity contribution in [3.63, 3.8) is 0 Å². The van der Waals surface area contributed by atoms with Crippen molar-refractivity contribution in [2.75, 3.05) is 13.6 Å². The minimum Gasteiger partial charge on any atom is -0.361 e. The number of nitriles is 1. The Morgan fingerprint density at radius 3 is 2.94 bits per heavy atom. The van der Waals surface area contributed by atoms with Gasteiger partial charge in [-0.1, -0.05) is 18.2 Å². The van der Waals surface area contributed by atoms with Crippen LogP contribution in [0.4, 0.5) is 0 Å². The number of amides is 1. The van der Waals surface area contributed by atoms with Gasteiger partial charge in [0.05, 0.1) is 12.0 Å². The molecule has 0 saturated heterocycles. The number of aromatic nitrogens is 1. The molecule has 2 rings (SSSR count). The van der Waals surface area contributed by atoms with Gasteiger partial charge < -0.3 is 9.88 Å². The lowest BCUT2D eigenvalue weighted by molar-refractivity contribution is -0.130. The lowest BCUT2D eigenvalue weighted by Gasteiger charge is -2.18. The lowest BCUT2D eigenvalue weighted by atomic mass is 9.99. The Kier molecular flexibility index (Phi) is 3.33. The summed E-state index contributed by atoms with van der Waals surface area (Å²) in [6.45, 7) is 1.98.